The molecule has 0 radical (unpaired) electrons. The van der Waals surface area contributed by atoms with Gasteiger partial charge in [0.25, 0.3) is 0 Å². The molecule has 0 bridgehead atoms. The number of carbonyl (C=O) groups excluding carboxylic acids is 1. The average Bonchev–Trinajstić information content (AvgIpc) is 3.06. The first-order valence-corrected chi connectivity index (χ1v) is 9.12. The minimum atomic E-state index is -0.145. The zero-order valence-electron chi connectivity index (χ0n) is 14.8. The number of aromatic nitrogens is 3. The lowest BCUT2D eigenvalue weighted by Crippen LogP contribution is -2.51. The predicted molar refractivity (Wildman–Crippen MR) is 90.3 cm³/mol. The molecule has 0 spiro atoms. The number of ether oxygens (including phenoxy) is 1. The van der Waals surface area contributed by atoms with Gasteiger partial charge in [0.2, 0.25) is 5.91 Å². The summed E-state index contributed by atoms with van der Waals surface area (Å²) in [6.45, 7) is 4.85. The molecule has 134 valence electrons. The molecule has 1 aliphatic carbocycles. The molecule has 0 aromatic carbocycles. The number of morpholine rings is 1. The van der Waals surface area contributed by atoms with Crippen molar-refractivity contribution in [2.75, 3.05) is 26.2 Å². The fraction of sp³-hybridized carbons (Fsp3) is 0.824. The molecule has 0 unspecified atom stereocenters. The minimum Gasteiger partial charge on any atom is -0.368 e. The highest BCUT2D eigenvalue weighted by molar-refractivity contribution is 5.81. The number of carbonyl (C=O) groups is 1. The fourth-order valence-electron chi connectivity index (χ4n) is 3.71. The van der Waals surface area contributed by atoms with Crippen LogP contribution in [0.25, 0.3) is 0 Å². The summed E-state index contributed by atoms with van der Waals surface area (Å²) in [5.41, 5.74) is 0. The summed E-state index contributed by atoms with van der Waals surface area (Å²) in [6.07, 6.45) is 8.01. The van der Waals surface area contributed by atoms with Gasteiger partial charge in [-0.3, -0.25) is 9.69 Å². The van der Waals surface area contributed by atoms with Crippen LogP contribution in [0.3, 0.4) is 0 Å². The summed E-state index contributed by atoms with van der Waals surface area (Å²) in [7, 11) is 1.91. The largest absolute Gasteiger partial charge is 0.368 e. The van der Waals surface area contributed by atoms with Gasteiger partial charge in [0.15, 0.2) is 5.82 Å². The van der Waals surface area contributed by atoms with Gasteiger partial charge in [0.1, 0.15) is 12.4 Å². The molecule has 1 aliphatic heterocycles. The third kappa shape index (κ3) is 4.13. The topological polar surface area (TPSA) is 72.3 Å². The van der Waals surface area contributed by atoms with Crippen LogP contribution in [-0.2, 0) is 16.6 Å². The van der Waals surface area contributed by atoms with Crippen LogP contribution in [0.5, 0.6) is 0 Å². The van der Waals surface area contributed by atoms with E-state index in [1.807, 2.05) is 18.5 Å². The number of rotatable bonds is 5. The van der Waals surface area contributed by atoms with Crippen molar-refractivity contribution in [3.63, 3.8) is 0 Å². The predicted octanol–water partition coefficient (Wildman–Crippen LogP) is 1.27. The number of amides is 1. The summed E-state index contributed by atoms with van der Waals surface area (Å²) >= 11 is 0. The van der Waals surface area contributed by atoms with Gasteiger partial charge in [-0.25, -0.2) is 0 Å². The Morgan fingerprint density at radius 2 is 2.21 bits per heavy atom. The highest BCUT2D eigenvalue weighted by atomic mass is 16.5. The van der Waals surface area contributed by atoms with Crippen molar-refractivity contribution in [3.05, 3.63) is 12.2 Å². The van der Waals surface area contributed by atoms with Gasteiger partial charge in [-0.1, -0.05) is 19.3 Å². The van der Waals surface area contributed by atoms with E-state index in [0.29, 0.717) is 19.1 Å². The fourth-order valence-corrected chi connectivity index (χ4v) is 3.71. The lowest BCUT2D eigenvalue weighted by molar-refractivity contribution is -0.129. The Labute approximate surface area is 143 Å². The highest BCUT2D eigenvalue weighted by Crippen LogP contribution is 2.23. The molecule has 1 aromatic heterocycles. The molecular weight excluding hydrogens is 306 g/mol. The molecule has 1 amide bonds. The van der Waals surface area contributed by atoms with E-state index in [9.17, 15) is 4.79 Å². The van der Waals surface area contributed by atoms with Crippen LogP contribution in [0.1, 0.15) is 51.0 Å². The van der Waals surface area contributed by atoms with Gasteiger partial charge in [-0.2, -0.15) is 0 Å². The molecule has 3 rings (SSSR count). The third-order valence-electron chi connectivity index (χ3n) is 5.35. The molecule has 24 heavy (non-hydrogen) atoms. The molecule has 1 saturated heterocycles. The quantitative estimate of drug-likeness (QED) is 0.877. The molecule has 1 N–H and O–H groups in total. The summed E-state index contributed by atoms with van der Waals surface area (Å²) in [5, 5.41) is 11.2. The highest BCUT2D eigenvalue weighted by Gasteiger charge is 2.31. The summed E-state index contributed by atoms with van der Waals surface area (Å²) in [6, 6.07) is -0.145. The lowest BCUT2D eigenvalue weighted by Gasteiger charge is -2.35. The van der Waals surface area contributed by atoms with Crippen LogP contribution in [0, 0.1) is 5.92 Å². The number of nitrogens with one attached hydrogen (secondary N) is 1. The SMILES string of the molecule is C[C@H](C(=O)NCC1CCCCC1)N1CCO[C@@H](c2nncn2C)C1. The van der Waals surface area contributed by atoms with Gasteiger partial charge in [-0.05, 0) is 25.7 Å². The van der Waals surface area contributed by atoms with Crippen molar-refractivity contribution < 1.29 is 9.53 Å². The first-order valence-electron chi connectivity index (χ1n) is 9.12. The maximum atomic E-state index is 12.5. The first kappa shape index (κ1) is 17.4. The summed E-state index contributed by atoms with van der Waals surface area (Å²) in [4.78, 5) is 14.7. The van der Waals surface area contributed by atoms with Crippen molar-refractivity contribution in [2.45, 2.75) is 51.2 Å². The Bertz CT molecular complexity index is 541. The van der Waals surface area contributed by atoms with Crippen LogP contribution in [0.2, 0.25) is 0 Å². The van der Waals surface area contributed by atoms with Gasteiger partial charge in [0.05, 0.1) is 12.6 Å². The van der Waals surface area contributed by atoms with Crippen LogP contribution in [-0.4, -0.2) is 57.9 Å². The summed E-state index contributed by atoms with van der Waals surface area (Å²) in [5.74, 6) is 1.60. The van der Waals surface area contributed by atoms with E-state index in [1.165, 1.54) is 32.1 Å². The van der Waals surface area contributed by atoms with E-state index >= 15 is 0 Å². The van der Waals surface area contributed by atoms with Crippen LogP contribution in [0.15, 0.2) is 6.33 Å². The van der Waals surface area contributed by atoms with E-state index in [0.717, 1.165) is 18.9 Å². The van der Waals surface area contributed by atoms with Crippen molar-refractivity contribution in [1.29, 1.82) is 0 Å². The third-order valence-corrected chi connectivity index (χ3v) is 5.35. The first-order chi connectivity index (χ1) is 11.6. The second-order valence-electron chi connectivity index (χ2n) is 7.08. The standard InChI is InChI=1S/C17H29N5O2/c1-13(17(23)18-10-14-6-4-3-5-7-14)22-8-9-24-15(11-22)16-20-19-12-21(16)2/h12-15H,3-11H2,1-2H3,(H,18,23)/t13-,15-/m1/s1. The maximum Gasteiger partial charge on any atom is 0.237 e. The second kappa shape index (κ2) is 8.07. The summed E-state index contributed by atoms with van der Waals surface area (Å²) < 4.78 is 7.70. The van der Waals surface area contributed by atoms with Gasteiger partial charge >= 0.3 is 0 Å². The second-order valence-corrected chi connectivity index (χ2v) is 7.08. The van der Waals surface area contributed by atoms with Gasteiger partial charge < -0.3 is 14.6 Å². The normalized spacial score (nSPS) is 24.7. The Morgan fingerprint density at radius 3 is 2.92 bits per heavy atom. The van der Waals surface area contributed by atoms with Crippen LogP contribution >= 0.6 is 0 Å². The molecule has 2 fully saturated rings. The lowest BCUT2D eigenvalue weighted by atomic mass is 9.89. The van der Waals surface area contributed by atoms with Crippen molar-refractivity contribution in [1.82, 2.24) is 25.0 Å². The maximum absolute atomic E-state index is 12.5. The van der Waals surface area contributed by atoms with Crippen molar-refractivity contribution in [2.24, 2.45) is 13.0 Å². The Balaban J connectivity index is 1.50. The molecule has 1 saturated carbocycles. The average molecular weight is 335 g/mol. The molecule has 2 aliphatic rings. The minimum absolute atomic E-state index is 0.124. The van der Waals surface area contributed by atoms with Gasteiger partial charge in [-0.15, -0.1) is 10.2 Å². The van der Waals surface area contributed by atoms with Crippen molar-refractivity contribution >= 4 is 5.91 Å². The molecule has 1 aromatic rings. The number of aryl methyl sites for hydroxylation is 1. The number of hydrogen-bond donors (Lipinski definition) is 1. The van der Waals surface area contributed by atoms with Crippen molar-refractivity contribution in [3.8, 4) is 0 Å². The van der Waals surface area contributed by atoms with E-state index < -0.39 is 0 Å². The van der Waals surface area contributed by atoms with E-state index in [4.69, 9.17) is 4.74 Å². The molecular formula is C17H29N5O2. The smallest absolute Gasteiger partial charge is 0.237 e. The number of hydrogen-bond acceptors (Lipinski definition) is 5. The van der Waals surface area contributed by atoms with E-state index in [1.54, 1.807) is 6.33 Å². The number of nitrogens with zero attached hydrogens (tertiary/aromatic N) is 4. The van der Waals surface area contributed by atoms with Gasteiger partial charge in [0, 0.05) is 26.7 Å². The Morgan fingerprint density at radius 1 is 1.42 bits per heavy atom. The molecule has 2 atom stereocenters. The zero-order chi connectivity index (χ0) is 16.9. The Hall–Kier alpha value is -1.47. The zero-order valence-corrected chi connectivity index (χ0v) is 14.8. The Kier molecular flexibility index (Phi) is 5.84. The molecule has 2 heterocycles. The molecule has 7 heteroatoms. The van der Waals surface area contributed by atoms with E-state index in [2.05, 4.69) is 20.4 Å². The molecule has 7 nitrogen and oxygen atoms in total. The monoisotopic (exact) mass is 335 g/mol. The van der Waals surface area contributed by atoms with E-state index in [-0.39, 0.29) is 18.1 Å². The van der Waals surface area contributed by atoms with Crippen LogP contribution < -0.4 is 5.32 Å². The van der Waals surface area contributed by atoms with Crippen LogP contribution in [0.4, 0.5) is 0 Å².